The van der Waals surface area contributed by atoms with Crippen molar-refractivity contribution in [1.82, 2.24) is 10.6 Å². The monoisotopic (exact) mass is 355 g/mol. The Morgan fingerprint density at radius 2 is 2.00 bits per heavy atom. The predicted octanol–water partition coefficient (Wildman–Crippen LogP) is 1.71. The van der Waals surface area contributed by atoms with Crippen LogP contribution in [0.4, 0.5) is 10.5 Å². The van der Waals surface area contributed by atoms with Crippen molar-refractivity contribution in [3.8, 4) is 0 Å². The third-order valence-electron chi connectivity index (χ3n) is 2.62. The third kappa shape index (κ3) is 5.88. The zero-order chi connectivity index (χ0) is 18.3. The van der Waals surface area contributed by atoms with Crippen molar-refractivity contribution in [1.29, 1.82) is 0 Å². The van der Waals surface area contributed by atoms with Gasteiger partial charge in [0, 0.05) is 12.1 Å². The summed E-state index contributed by atoms with van der Waals surface area (Å²) in [6.07, 6.45) is 1.67. The number of carbonyl (C=O) groups is 3. The van der Waals surface area contributed by atoms with Gasteiger partial charge in [-0.3, -0.25) is 20.2 Å². The molecule has 24 heavy (non-hydrogen) atoms. The number of nitro groups is 1. The van der Waals surface area contributed by atoms with Crippen LogP contribution in [0.5, 0.6) is 0 Å². The Bertz CT molecular complexity index is 662. The van der Waals surface area contributed by atoms with Crippen LogP contribution < -0.4 is 10.6 Å². The average Bonchev–Trinajstić information content (AvgIpc) is 2.50. The molecule has 0 radical (unpaired) electrons. The molecule has 0 saturated carbocycles. The number of thioether (sulfide) groups is 1. The van der Waals surface area contributed by atoms with Crippen LogP contribution >= 0.6 is 11.8 Å². The highest BCUT2D eigenvalue weighted by Gasteiger charge is 2.19. The number of hydrogen-bond donors (Lipinski definition) is 2. The van der Waals surface area contributed by atoms with E-state index in [1.54, 1.807) is 20.1 Å². The molecule has 9 nitrogen and oxygen atoms in total. The van der Waals surface area contributed by atoms with Gasteiger partial charge in [-0.15, -0.1) is 11.8 Å². The van der Waals surface area contributed by atoms with E-state index in [1.807, 2.05) is 5.32 Å². The molecule has 1 rings (SSSR count). The third-order valence-corrected chi connectivity index (χ3v) is 3.40. The Labute approximate surface area is 142 Å². The minimum absolute atomic E-state index is 0.0565. The SMILES string of the molecule is CSc1ccc(C(=O)OCC(=O)NC(=O)NC(C)C)cc1[N+](=O)[O-]. The predicted molar refractivity (Wildman–Crippen MR) is 87.0 cm³/mol. The molecule has 130 valence electrons. The van der Waals surface area contributed by atoms with Gasteiger partial charge in [-0.25, -0.2) is 9.59 Å². The van der Waals surface area contributed by atoms with E-state index in [0.717, 1.165) is 6.07 Å². The van der Waals surface area contributed by atoms with Gasteiger partial charge in [-0.1, -0.05) is 0 Å². The molecule has 0 unspecified atom stereocenters. The molecule has 1 aromatic carbocycles. The summed E-state index contributed by atoms with van der Waals surface area (Å²) in [4.78, 5) is 45.4. The second kappa shape index (κ2) is 8.87. The summed E-state index contributed by atoms with van der Waals surface area (Å²) < 4.78 is 4.74. The van der Waals surface area contributed by atoms with Crippen LogP contribution in [0.15, 0.2) is 23.1 Å². The normalized spacial score (nSPS) is 10.2. The Morgan fingerprint density at radius 1 is 1.33 bits per heavy atom. The van der Waals surface area contributed by atoms with Crippen molar-refractivity contribution >= 4 is 35.4 Å². The van der Waals surface area contributed by atoms with E-state index >= 15 is 0 Å². The van der Waals surface area contributed by atoms with Crippen molar-refractivity contribution in [3.05, 3.63) is 33.9 Å². The molecule has 0 aromatic heterocycles. The van der Waals surface area contributed by atoms with Crippen molar-refractivity contribution < 1.29 is 24.0 Å². The van der Waals surface area contributed by atoms with Gasteiger partial charge < -0.3 is 10.1 Å². The van der Waals surface area contributed by atoms with Crippen molar-refractivity contribution in [2.45, 2.75) is 24.8 Å². The van der Waals surface area contributed by atoms with E-state index in [4.69, 9.17) is 4.74 Å². The average molecular weight is 355 g/mol. The Morgan fingerprint density at radius 3 is 2.54 bits per heavy atom. The number of carbonyl (C=O) groups excluding carboxylic acids is 3. The minimum Gasteiger partial charge on any atom is -0.452 e. The number of urea groups is 1. The van der Waals surface area contributed by atoms with Gasteiger partial charge in [-0.2, -0.15) is 0 Å². The fourth-order valence-electron chi connectivity index (χ4n) is 1.64. The maximum atomic E-state index is 11.9. The molecule has 10 heteroatoms. The van der Waals surface area contributed by atoms with Gasteiger partial charge in [0.1, 0.15) is 0 Å². The summed E-state index contributed by atoms with van der Waals surface area (Å²) in [6.45, 7) is 2.76. The molecule has 0 spiro atoms. The van der Waals surface area contributed by atoms with E-state index < -0.39 is 29.4 Å². The molecular formula is C14H17N3O6S. The summed E-state index contributed by atoms with van der Waals surface area (Å²) in [5, 5.41) is 15.4. The lowest BCUT2D eigenvalue weighted by atomic mass is 10.2. The van der Waals surface area contributed by atoms with Gasteiger partial charge in [0.05, 0.1) is 15.4 Å². The molecule has 0 aliphatic carbocycles. The first-order valence-corrected chi connectivity index (χ1v) is 8.07. The van der Waals surface area contributed by atoms with Crippen LogP contribution in [-0.4, -0.2) is 41.7 Å². The molecule has 0 saturated heterocycles. The topological polar surface area (TPSA) is 128 Å². The van der Waals surface area contributed by atoms with Crippen molar-refractivity contribution in [3.63, 3.8) is 0 Å². The number of imide groups is 1. The van der Waals surface area contributed by atoms with Crippen LogP contribution in [-0.2, 0) is 9.53 Å². The number of amides is 3. The smallest absolute Gasteiger partial charge is 0.338 e. The first-order valence-electron chi connectivity index (χ1n) is 6.84. The van der Waals surface area contributed by atoms with Crippen molar-refractivity contribution in [2.24, 2.45) is 0 Å². The highest BCUT2D eigenvalue weighted by molar-refractivity contribution is 7.98. The molecular weight excluding hydrogens is 338 g/mol. The number of nitrogens with one attached hydrogen (secondary N) is 2. The van der Waals surface area contributed by atoms with Crippen LogP contribution in [0.3, 0.4) is 0 Å². The number of hydrogen-bond acceptors (Lipinski definition) is 7. The first-order chi connectivity index (χ1) is 11.2. The number of esters is 1. The lowest BCUT2D eigenvalue weighted by Gasteiger charge is -2.09. The van der Waals surface area contributed by atoms with Gasteiger partial charge in [0.25, 0.3) is 11.6 Å². The van der Waals surface area contributed by atoms with Gasteiger partial charge in [-0.05, 0) is 32.2 Å². The summed E-state index contributed by atoms with van der Waals surface area (Å²) in [5.74, 6) is -1.71. The zero-order valence-electron chi connectivity index (χ0n) is 13.3. The fourth-order valence-corrected chi connectivity index (χ4v) is 2.18. The standard InChI is InChI=1S/C14H17N3O6S/c1-8(2)15-14(20)16-12(18)7-23-13(19)9-4-5-11(24-3)10(6-9)17(21)22/h4-6,8H,7H2,1-3H3,(H2,15,16,18,20). The Hall–Kier alpha value is -2.62. The van der Waals surface area contributed by atoms with Crippen molar-refractivity contribution in [2.75, 3.05) is 12.9 Å². The zero-order valence-corrected chi connectivity index (χ0v) is 14.1. The Kier molecular flexibility index (Phi) is 7.18. The maximum Gasteiger partial charge on any atom is 0.338 e. The summed E-state index contributed by atoms with van der Waals surface area (Å²) >= 11 is 1.17. The second-order valence-electron chi connectivity index (χ2n) is 4.90. The molecule has 0 fully saturated rings. The van der Waals surface area contributed by atoms with Crippen LogP contribution in [0, 0.1) is 10.1 Å². The van der Waals surface area contributed by atoms with Gasteiger partial charge in [0.2, 0.25) is 0 Å². The highest BCUT2D eigenvalue weighted by atomic mass is 32.2. The highest BCUT2D eigenvalue weighted by Crippen LogP contribution is 2.28. The minimum atomic E-state index is -0.898. The molecule has 0 bridgehead atoms. The number of nitrogens with zero attached hydrogens (tertiary/aromatic N) is 1. The number of rotatable bonds is 6. The van der Waals surface area contributed by atoms with Crippen LogP contribution in [0.2, 0.25) is 0 Å². The molecule has 0 aliphatic rings. The molecule has 0 heterocycles. The Balaban J connectivity index is 2.65. The number of nitro benzene ring substituents is 1. The van der Waals surface area contributed by atoms with E-state index in [-0.39, 0.29) is 17.3 Å². The lowest BCUT2D eigenvalue weighted by Crippen LogP contribution is -2.44. The van der Waals surface area contributed by atoms with E-state index in [2.05, 4.69) is 5.32 Å². The van der Waals surface area contributed by atoms with Gasteiger partial charge >= 0.3 is 12.0 Å². The maximum absolute atomic E-state index is 11.9. The molecule has 1 aromatic rings. The fraction of sp³-hybridized carbons (Fsp3) is 0.357. The molecule has 0 atom stereocenters. The van der Waals surface area contributed by atoms with Gasteiger partial charge in [0.15, 0.2) is 6.61 Å². The largest absolute Gasteiger partial charge is 0.452 e. The molecule has 3 amide bonds. The molecule has 0 aliphatic heterocycles. The lowest BCUT2D eigenvalue weighted by molar-refractivity contribution is -0.387. The van der Waals surface area contributed by atoms with E-state index in [9.17, 15) is 24.5 Å². The quantitative estimate of drug-likeness (QED) is 0.344. The van der Waals surface area contributed by atoms with Crippen LogP contribution in [0.1, 0.15) is 24.2 Å². The molecule has 2 N–H and O–H groups in total. The number of ether oxygens (including phenoxy) is 1. The summed E-state index contributed by atoms with van der Waals surface area (Å²) in [6, 6.07) is 3.01. The summed E-state index contributed by atoms with van der Waals surface area (Å²) in [7, 11) is 0. The van der Waals surface area contributed by atoms with E-state index in [0.29, 0.717) is 4.90 Å². The second-order valence-corrected chi connectivity index (χ2v) is 5.74. The van der Waals surface area contributed by atoms with E-state index in [1.165, 1.54) is 23.9 Å². The summed E-state index contributed by atoms with van der Waals surface area (Å²) in [5.41, 5.74) is -0.281. The van der Waals surface area contributed by atoms with Crippen LogP contribution in [0.25, 0.3) is 0 Å². The first kappa shape index (κ1) is 19.4. The number of benzene rings is 1.